The maximum absolute atomic E-state index is 5.62. The van der Waals surface area contributed by atoms with Crippen LogP contribution in [0.1, 0.15) is 18.5 Å². The summed E-state index contributed by atoms with van der Waals surface area (Å²) in [5.74, 6) is 0.730. The number of halogens is 1. The maximum atomic E-state index is 5.62. The van der Waals surface area contributed by atoms with Crippen molar-refractivity contribution >= 4 is 15.9 Å². The van der Waals surface area contributed by atoms with E-state index in [0.717, 1.165) is 22.5 Å². The van der Waals surface area contributed by atoms with Crippen LogP contribution in [0.2, 0.25) is 0 Å². The average molecular weight is 299 g/mol. The first-order valence-corrected chi connectivity index (χ1v) is 6.84. The molecule has 2 atom stereocenters. The van der Waals surface area contributed by atoms with Gasteiger partial charge >= 0.3 is 0 Å². The number of nitrogens with zero attached hydrogens (tertiary/aromatic N) is 1. The molecule has 0 aliphatic heterocycles. The third kappa shape index (κ3) is 3.50. The maximum Gasteiger partial charge on any atom is 0.0756 e. The van der Waals surface area contributed by atoms with Crippen LogP contribution in [-0.2, 0) is 11.2 Å². The topological polar surface area (TPSA) is 34.2 Å². The first-order valence-electron chi connectivity index (χ1n) is 6.05. The Morgan fingerprint density at radius 3 is 2.76 bits per heavy atom. The second-order valence-corrected chi connectivity index (χ2v) is 5.52. The summed E-state index contributed by atoms with van der Waals surface area (Å²) in [6.45, 7) is 0. The van der Waals surface area contributed by atoms with Crippen LogP contribution in [0.3, 0.4) is 0 Å². The van der Waals surface area contributed by atoms with Gasteiger partial charge in [0.25, 0.3) is 0 Å². The summed E-state index contributed by atoms with van der Waals surface area (Å²) >= 11 is 3.40. The molecule has 1 heterocycles. The van der Waals surface area contributed by atoms with Gasteiger partial charge in [-0.1, -0.05) is 0 Å². The highest BCUT2D eigenvalue weighted by Gasteiger charge is 2.36. The van der Waals surface area contributed by atoms with Gasteiger partial charge in [0.05, 0.1) is 6.10 Å². The van der Waals surface area contributed by atoms with Crippen molar-refractivity contribution in [1.29, 1.82) is 0 Å². The monoisotopic (exact) mass is 298 g/mol. The number of hydrogen-bond donors (Lipinski definition) is 1. The predicted molar refractivity (Wildman–Crippen MR) is 72.0 cm³/mol. The van der Waals surface area contributed by atoms with Crippen molar-refractivity contribution in [2.45, 2.75) is 31.4 Å². The van der Waals surface area contributed by atoms with E-state index in [1.807, 2.05) is 26.4 Å². The van der Waals surface area contributed by atoms with Gasteiger partial charge < -0.3 is 10.1 Å². The molecule has 0 bridgehead atoms. The standard InChI is InChI=1S/C13H19BrN2O/c1-15-12(13(17-2)9-3-4-9)7-11-6-5-10(14)8-16-11/h5-6,8-9,12-13,15H,3-4,7H2,1-2H3. The van der Waals surface area contributed by atoms with Crippen molar-refractivity contribution < 1.29 is 4.74 Å². The van der Waals surface area contributed by atoms with Gasteiger partial charge in [-0.05, 0) is 53.9 Å². The molecule has 0 spiro atoms. The van der Waals surface area contributed by atoms with Gasteiger partial charge in [-0.3, -0.25) is 4.98 Å². The lowest BCUT2D eigenvalue weighted by atomic mass is 10.0. The van der Waals surface area contributed by atoms with Crippen molar-refractivity contribution in [3.63, 3.8) is 0 Å². The Bertz CT molecular complexity index is 351. The first-order chi connectivity index (χ1) is 8.24. The van der Waals surface area contributed by atoms with Crippen molar-refractivity contribution in [3.8, 4) is 0 Å². The Morgan fingerprint density at radius 1 is 1.53 bits per heavy atom. The lowest BCUT2D eigenvalue weighted by Crippen LogP contribution is -2.42. The van der Waals surface area contributed by atoms with E-state index >= 15 is 0 Å². The number of rotatable bonds is 6. The molecule has 0 radical (unpaired) electrons. The van der Waals surface area contributed by atoms with Crippen molar-refractivity contribution in [2.24, 2.45) is 5.92 Å². The fraction of sp³-hybridized carbons (Fsp3) is 0.615. The van der Waals surface area contributed by atoms with Crippen LogP contribution in [0.5, 0.6) is 0 Å². The molecule has 0 aromatic carbocycles. The highest BCUT2D eigenvalue weighted by atomic mass is 79.9. The molecule has 1 fully saturated rings. The van der Waals surface area contributed by atoms with E-state index in [2.05, 4.69) is 32.3 Å². The van der Waals surface area contributed by atoms with Crippen LogP contribution in [-0.4, -0.2) is 31.3 Å². The Hall–Kier alpha value is -0.450. The van der Waals surface area contributed by atoms with Crippen LogP contribution < -0.4 is 5.32 Å². The molecule has 2 rings (SSSR count). The van der Waals surface area contributed by atoms with Crippen LogP contribution in [0, 0.1) is 5.92 Å². The van der Waals surface area contributed by atoms with E-state index in [4.69, 9.17) is 4.74 Å². The third-order valence-electron chi connectivity index (χ3n) is 3.34. The van der Waals surface area contributed by atoms with Gasteiger partial charge in [0.15, 0.2) is 0 Å². The Kier molecular flexibility index (Phi) is 4.54. The second-order valence-electron chi connectivity index (χ2n) is 4.60. The third-order valence-corrected chi connectivity index (χ3v) is 3.81. The molecule has 94 valence electrons. The van der Waals surface area contributed by atoms with Crippen molar-refractivity contribution in [1.82, 2.24) is 10.3 Å². The number of ether oxygens (including phenoxy) is 1. The lowest BCUT2D eigenvalue weighted by Gasteiger charge is -2.25. The van der Waals surface area contributed by atoms with E-state index in [0.29, 0.717) is 12.1 Å². The number of aromatic nitrogens is 1. The molecule has 3 nitrogen and oxygen atoms in total. The molecule has 1 N–H and O–H groups in total. The molecule has 0 saturated heterocycles. The molecule has 17 heavy (non-hydrogen) atoms. The average Bonchev–Trinajstić information content (AvgIpc) is 3.16. The SMILES string of the molecule is CNC(Cc1ccc(Br)cn1)C(OC)C1CC1. The minimum atomic E-state index is 0.311. The molecule has 1 aromatic rings. The predicted octanol–water partition coefficient (Wildman–Crippen LogP) is 2.40. The second kappa shape index (κ2) is 5.94. The minimum Gasteiger partial charge on any atom is -0.380 e. The fourth-order valence-electron chi connectivity index (χ4n) is 2.24. The van der Waals surface area contributed by atoms with Gasteiger partial charge in [-0.2, -0.15) is 0 Å². The van der Waals surface area contributed by atoms with Crippen LogP contribution in [0.25, 0.3) is 0 Å². The van der Waals surface area contributed by atoms with Crippen LogP contribution in [0.4, 0.5) is 0 Å². The summed E-state index contributed by atoms with van der Waals surface area (Å²) < 4.78 is 6.64. The van der Waals surface area contributed by atoms with Gasteiger partial charge in [-0.15, -0.1) is 0 Å². The fourth-order valence-corrected chi connectivity index (χ4v) is 2.48. The zero-order chi connectivity index (χ0) is 12.3. The molecular weight excluding hydrogens is 280 g/mol. The van der Waals surface area contributed by atoms with Crippen LogP contribution >= 0.6 is 15.9 Å². The number of likely N-dealkylation sites (N-methyl/N-ethyl adjacent to an activating group) is 1. The highest BCUT2D eigenvalue weighted by molar-refractivity contribution is 9.10. The van der Waals surface area contributed by atoms with Gasteiger partial charge in [0.1, 0.15) is 0 Å². The molecule has 1 aliphatic rings. The van der Waals surface area contributed by atoms with Gasteiger partial charge in [-0.25, -0.2) is 0 Å². The van der Waals surface area contributed by atoms with Gasteiger partial charge in [0.2, 0.25) is 0 Å². The first kappa shape index (κ1) is 13.0. The summed E-state index contributed by atoms with van der Waals surface area (Å²) in [7, 11) is 3.81. The Morgan fingerprint density at radius 2 is 2.29 bits per heavy atom. The molecule has 1 aliphatic carbocycles. The smallest absolute Gasteiger partial charge is 0.0756 e. The van der Waals surface area contributed by atoms with E-state index < -0.39 is 0 Å². The number of pyridine rings is 1. The summed E-state index contributed by atoms with van der Waals surface area (Å²) in [4.78, 5) is 4.42. The number of nitrogens with one attached hydrogen (secondary N) is 1. The quantitative estimate of drug-likeness (QED) is 0.876. The van der Waals surface area contributed by atoms with Gasteiger partial charge in [0, 0.05) is 35.9 Å². The summed E-state index contributed by atoms with van der Waals surface area (Å²) in [6, 6.07) is 4.45. The molecule has 2 unspecified atom stereocenters. The number of hydrogen-bond acceptors (Lipinski definition) is 3. The Balaban J connectivity index is 2.00. The number of methoxy groups -OCH3 is 1. The normalized spacial score (nSPS) is 19.0. The van der Waals surface area contributed by atoms with E-state index in [-0.39, 0.29) is 0 Å². The molecule has 1 aromatic heterocycles. The summed E-state index contributed by atoms with van der Waals surface area (Å²) in [6.07, 6.45) is 5.67. The largest absolute Gasteiger partial charge is 0.380 e. The zero-order valence-corrected chi connectivity index (χ0v) is 11.9. The summed E-state index contributed by atoms with van der Waals surface area (Å²) in [5.41, 5.74) is 1.11. The van der Waals surface area contributed by atoms with E-state index in [1.165, 1.54) is 12.8 Å². The molecule has 1 saturated carbocycles. The van der Waals surface area contributed by atoms with Crippen molar-refractivity contribution in [2.75, 3.05) is 14.2 Å². The summed E-state index contributed by atoms with van der Waals surface area (Å²) in [5, 5.41) is 3.36. The zero-order valence-electron chi connectivity index (χ0n) is 10.3. The van der Waals surface area contributed by atoms with Crippen LogP contribution in [0.15, 0.2) is 22.8 Å². The lowest BCUT2D eigenvalue weighted by molar-refractivity contribution is 0.0531. The van der Waals surface area contributed by atoms with E-state index in [9.17, 15) is 0 Å². The minimum absolute atomic E-state index is 0.311. The molecular formula is C13H19BrN2O. The van der Waals surface area contributed by atoms with Crippen molar-refractivity contribution in [3.05, 3.63) is 28.5 Å². The van der Waals surface area contributed by atoms with E-state index in [1.54, 1.807) is 0 Å². The Labute approximate surface area is 111 Å². The highest BCUT2D eigenvalue weighted by Crippen LogP contribution is 2.36. The molecule has 0 amide bonds. The molecule has 4 heteroatoms.